The van der Waals surface area contributed by atoms with Crippen LogP contribution >= 0.6 is 23.4 Å². The number of nitrogens with one attached hydrogen (secondary N) is 1. The normalized spacial score (nSPS) is 10.8. The van der Waals surface area contributed by atoms with Crippen molar-refractivity contribution in [2.45, 2.75) is 25.0 Å². The standard InChI is InChI=1S/C25H23ClN4OS/c1-2-18-8-14-22(15-9-18)30-24(20-10-12-21(26)13-11-20)28-29-25(30)32-17-23(31)27-16-19-6-4-3-5-7-19/h3-15H,2,16-17H2,1H3,(H,27,31). The second-order valence-corrected chi connectivity index (χ2v) is 8.60. The van der Waals surface area contributed by atoms with Crippen LogP contribution in [0.4, 0.5) is 0 Å². The van der Waals surface area contributed by atoms with Gasteiger partial charge >= 0.3 is 0 Å². The molecule has 1 N–H and O–H groups in total. The fourth-order valence-electron chi connectivity index (χ4n) is 3.24. The minimum atomic E-state index is -0.0530. The molecule has 0 spiro atoms. The van der Waals surface area contributed by atoms with Gasteiger partial charge in [-0.2, -0.15) is 0 Å². The summed E-state index contributed by atoms with van der Waals surface area (Å²) in [5.74, 6) is 0.902. The number of thioether (sulfide) groups is 1. The van der Waals surface area contributed by atoms with E-state index >= 15 is 0 Å². The van der Waals surface area contributed by atoms with E-state index in [0.29, 0.717) is 22.5 Å². The lowest BCUT2D eigenvalue weighted by Crippen LogP contribution is -2.24. The highest BCUT2D eigenvalue weighted by atomic mass is 35.5. The number of hydrogen-bond acceptors (Lipinski definition) is 4. The lowest BCUT2D eigenvalue weighted by atomic mass is 10.1. The van der Waals surface area contributed by atoms with Crippen LogP contribution in [0.1, 0.15) is 18.1 Å². The maximum absolute atomic E-state index is 12.4. The Morgan fingerprint density at radius 3 is 2.34 bits per heavy atom. The number of carbonyl (C=O) groups is 1. The SMILES string of the molecule is CCc1ccc(-n2c(SCC(=O)NCc3ccccc3)nnc2-c2ccc(Cl)cc2)cc1. The van der Waals surface area contributed by atoms with E-state index in [0.717, 1.165) is 23.2 Å². The number of amides is 1. The molecule has 0 aliphatic rings. The molecule has 0 saturated carbocycles. The molecule has 4 aromatic rings. The van der Waals surface area contributed by atoms with Crippen molar-refractivity contribution in [3.05, 3.63) is 95.0 Å². The second kappa shape index (κ2) is 10.5. The van der Waals surface area contributed by atoms with Gasteiger partial charge in [-0.15, -0.1) is 10.2 Å². The zero-order valence-corrected chi connectivity index (χ0v) is 19.2. The molecule has 32 heavy (non-hydrogen) atoms. The van der Waals surface area contributed by atoms with Gasteiger partial charge in [-0.3, -0.25) is 9.36 Å². The number of aryl methyl sites for hydroxylation is 1. The molecule has 0 bridgehead atoms. The number of hydrogen-bond donors (Lipinski definition) is 1. The van der Waals surface area contributed by atoms with Crippen molar-refractivity contribution >= 4 is 29.3 Å². The molecule has 7 heteroatoms. The fraction of sp³-hybridized carbons (Fsp3) is 0.160. The predicted octanol–water partition coefficient (Wildman–Crippen LogP) is 5.56. The van der Waals surface area contributed by atoms with E-state index in [2.05, 4.69) is 46.7 Å². The van der Waals surface area contributed by atoms with Crippen LogP contribution in [0.3, 0.4) is 0 Å². The summed E-state index contributed by atoms with van der Waals surface area (Å²) in [6.07, 6.45) is 0.968. The number of carbonyl (C=O) groups excluding carboxylic acids is 1. The molecule has 0 atom stereocenters. The molecule has 0 unspecified atom stereocenters. The van der Waals surface area contributed by atoms with E-state index in [1.807, 2.05) is 59.2 Å². The first-order valence-corrected chi connectivity index (χ1v) is 11.7. The maximum atomic E-state index is 12.4. The van der Waals surface area contributed by atoms with Crippen molar-refractivity contribution < 1.29 is 4.79 Å². The predicted molar refractivity (Wildman–Crippen MR) is 130 cm³/mol. The number of rotatable bonds is 8. The molecule has 0 fully saturated rings. The fourth-order valence-corrected chi connectivity index (χ4v) is 4.15. The Balaban J connectivity index is 1.55. The van der Waals surface area contributed by atoms with Gasteiger partial charge in [0.2, 0.25) is 5.91 Å². The van der Waals surface area contributed by atoms with Crippen molar-refractivity contribution in [3.63, 3.8) is 0 Å². The topological polar surface area (TPSA) is 59.8 Å². The van der Waals surface area contributed by atoms with E-state index in [9.17, 15) is 4.79 Å². The Morgan fingerprint density at radius 1 is 0.938 bits per heavy atom. The van der Waals surface area contributed by atoms with Crippen molar-refractivity contribution in [3.8, 4) is 17.1 Å². The van der Waals surface area contributed by atoms with Gasteiger partial charge in [-0.05, 0) is 53.9 Å². The van der Waals surface area contributed by atoms with Crippen LogP contribution in [-0.4, -0.2) is 26.4 Å². The average molecular weight is 463 g/mol. The summed E-state index contributed by atoms with van der Waals surface area (Å²) < 4.78 is 1.98. The number of benzene rings is 3. The monoisotopic (exact) mass is 462 g/mol. The Hall–Kier alpha value is -3.09. The molecule has 5 nitrogen and oxygen atoms in total. The van der Waals surface area contributed by atoms with Crippen molar-refractivity contribution in [1.82, 2.24) is 20.1 Å². The van der Waals surface area contributed by atoms with Crippen molar-refractivity contribution in [2.24, 2.45) is 0 Å². The molecule has 1 amide bonds. The van der Waals surface area contributed by atoms with Gasteiger partial charge in [-0.1, -0.05) is 72.8 Å². The van der Waals surface area contributed by atoms with E-state index in [-0.39, 0.29) is 11.7 Å². The van der Waals surface area contributed by atoms with E-state index < -0.39 is 0 Å². The van der Waals surface area contributed by atoms with Gasteiger partial charge < -0.3 is 5.32 Å². The summed E-state index contributed by atoms with van der Waals surface area (Å²) >= 11 is 7.43. The number of nitrogens with zero attached hydrogens (tertiary/aromatic N) is 3. The third-order valence-electron chi connectivity index (χ3n) is 5.00. The molecule has 0 radical (unpaired) electrons. The Labute approximate surface area is 196 Å². The van der Waals surface area contributed by atoms with Gasteiger partial charge in [0.15, 0.2) is 11.0 Å². The van der Waals surface area contributed by atoms with Gasteiger partial charge in [-0.25, -0.2) is 0 Å². The highest BCUT2D eigenvalue weighted by Gasteiger charge is 2.17. The first kappa shape index (κ1) is 22.1. The summed E-state index contributed by atoms with van der Waals surface area (Å²) in [7, 11) is 0. The molecule has 162 valence electrons. The zero-order valence-electron chi connectivity index (χ0n) is 17.7. The molecule has 4 rings (SSSR count). The van der Waals surface area contributed by atoms with Crippen LogP contribution in [-0.2, 0) is 17.8 Å². The lowest BCUT2D eigenvalue weighted by Gasteiger charge is -2.11. The van der Waals surface area contributed by atoms with Crippen LogP contribution in [0.25, 0.3) is 17.1 Å². The van der Waals surface area contributed by atoms with Gasteiger partial charge in [0.1, 0.15) is 0 Å². The van der Waals surface area contributed by atoms with Crippen LogP contribution in [0.15, 0.2) is 84.0 Å². The number of halogens is 1. The van der Waals surface area contributed by atoms with Crippen LogP contribution in [0.2, 0.25) is 5.02 Å². The summed E-state index contributed by atoms with van der Waals surface area (Å²) in [5, 5.41) is 13.1. The molecule has 0 aliphatic carbocycles. The highest BCUT2D eigenvalue weighted by molar-refractivity contribution is 7.99. The zero-order chi connectivity index (χ0) is 22.3. The van der Waals surface area contributed by atoms with Crippen molar-refractivity contribution in [1.29, 1.82) is 0 Å². The molecule has 3 aromatic carbocycles. The van der Waals surface area contributed by atoms with Gasteiger partial charge in [0, 0.05) is 22.8 Å². The summed E-state index contributed by atoms with van der Waals surface area (Å²) in [6.45, 7) is 2.63. The molecule has 1 aromatic heterocycles. The molecule has 1 heterocycles. The largest absolute Gasteiger partial charge is 0.351 e. The average Bonchev–Trinajstić information content (AvgIpc) is 3.26. The quantitative estimate of drug-likeness (QED) is 0.348. The molecule has 0 saturated heterocycles. The Kier molecular flexibility index (Phi) is 7.24. The van der Waals surface area contributed by atoms with E-state index in [1.165, 1.54) is 17.3 Å². The third kappa shape index (κ3) is 5.39. The Bertz CT molecular complexity index is 1180. The molecule has 0 aliphatic heterocycles. The summed E-state index contributed by atoms with van der Waals surface area (Å²) in [5.41, 5.74) is 4.17. The van der Waals surface area contributed by atoms with Gasteiger partial charge in [0.25, 0.3) is 0 Å². The third-order valence-corrected chi connectivity index (χ3v) is 6.18. The molecular formula is C25H23ClN4OS. The summed E-state index contributed by atoms with van der Waals surface area (Å²) in [6, 6.07) is 25.7. The molecular weight excluding hydrogens is 440 g/mol. The highest BCUT2D eigenvalue weighted by Crippen LogP contribution is 2.29. The summed E-state index contributed by atoms with van der Waals surface area (Å²) in [4.78, 5) is 12.4. The van der Waals surface area contributed by atoms with E-state index in [1.54, 1.807) is 0 Å². The minimum absolute atomic E-state index is 0.0530. The first-order valence-electron chi connectivity index (χ1n) is 10.4. The smallest absolute Gasteiger partial charge is 0.230 e. The van der Waals surface area contributed by atoms with Crippen molar-refractivity contribution in [2.75, 3.05) is 5.75 Å². The van der Waals surface area contributed by atoms with Crippen LogP contribution in [0, 0.1) is 0 Å². The maximum Gasteiger partial charge on any atom is 0.230 e. The van der Waals surface area contributed by atoms with Gasteiger partial charge in [0.05, 0.1) is 5.75 Å². The second-order valence-electron chi connectivity index (χ2n) is 7.22. The number of aromatic nitrogens is 3. The van der Waals surface area contributed by atoms with Crippen LogP contribution in [0.5, 0.6) is 0 Å². The Morgan fingerprint density at radius 2 is 1.66 bits per heavy atom. The van der Waals surface area contributed by atoms with E-state index in [4.69, 9.17) is 11.6 Å². The van der Waals surface area contributed by atoms with Crippen LogP contribution < -0.4 is 5.32 Å². The minimum Gasteiger partial charge on any atom is -0.351 e. The lowest BCUT2D eigenvalue weighted by molar-refractivity contribution is -0.118. The first-order chi connectivity index (χ1) is 15.6.